The van der Waals surface area contributed by atoms with Gasteiger partial charge in [0.1, 0.15) is 0 Å². The summed E-state index contributed by atoms with van der Waals surface area (Å²) < 4.78 is 0. The maximum Gasteiger partial charge on any atom is 0.350 e. The number of nitrogen functional groups attached to an aromatic ring is 2. The minimum absolute atomic E-state index is 0.0208. The second-order valence-corrected chi connectivity index (χ2v) is 1.40. The Bertz CT molecular complexity index is 242. The van der Waals surface area contributed by atoms with Crippen LogP contribution >= 0.6 is 0 Å². The fourth-order valence-corrected chi connectivity index (χ4v) is 0.418. The second-order valence-electron chi connectivity index (χ2n) is 1.40. The molecule has 5 N–H and O–H groups in total. The number of hydrogen-bond acceptors (Lipinski definition) is 5. The molecule has 0 unspecified atom stereocenters. The third kappa shape index (κ3) is 1.15. The smallest absolute Gasteiger partial charge is 0.350 e. The van der Waals surface area contributed by atoms with Crippen molar-refractivity contribution in [2.24, 2.45) is 0 Å². The highest BCUT2D eigenvalue weighted by molar-refractivity contribution is 5.22. The first kappa shape index (κ1) is 5.54. The molecule has 1 heterocycles. The van der Waals surface area contributed by atoms with Crippen LogP contribution in [0.4, 0.5) is 11.9 Å². The molecule has 0 aliphatic carbocycles. The average Bonchev–Trinajstić information content (AvgIpc) is 1.59. The fraction of sp³-hybridized carbons (Fsp3) is 0. The van der Waals surface area contributed by atoms with Crippen molar-refractivity contribution in [3.63, 3.8) is 0 Å². The normalized spacial score (nSPS) is 9.33. The van der Waals surface area contributed by atoms with Crippen LogP contribution in [0.5, 0.6) is 0 Å². The summed E-state index contributed by atoms with van der Waals surface area (Å²) in [6.45, 7) is 0. The van der Waals surface area contributed by atoms with Crippen molar-refractivity contribution in [2.45, 2.75) is 0 Å². The summed E-state index contributed by atoms with van der Waals surface area (Å²) in [6, 6.07) is 0. The van der Waals surface area contributed by atoms with Crippen molar-refractivity contribution in [3.8, 4) is 0 Å². The molecule has 0 atom stereocenters. The van der Waals surface area contributed by atoms with Gasteiger partial charge in [0.05, 0.1) is 0 Å². The van der Waals surface area contributed by atoms with E-state index in [2.05, 4.69) is 15.0 Å². The minimum atomic E-state index is -0.583. The predicted octanol–water partition coefficient (Wildman–Crippen LogP) is -1.67. The van der Waals surface area contributed by atoms with Crippen molar-refractivity contribution < 1.29 is 0 Å². The van der Waals surface area contributed by atoms with Crippen LogP contribution in [0, 0.1) is 0 Å². The van der Waals surface area contributed by atoms with Gasteiger partial charge < -0.3 is 11.5 Å². The number of aromatic nitrogens is 3. The average molecular weight is 127 g/mol. The summed E-state index contributed by atoms with van der Waals surface area (Å²) >= 11 is 0. The van der Waals surface area contributed by atoms with Gasteiger partial charge in [-0.05, 0) is 0 Å². The fourth-order valence-electron chi connectivity index (χ4n) is 0.418. The van der Waals surface area contributed by atoms with E-state index in [9.17, 15) is 4.79 Å². The number of aromatic amines is 1. The number of anilines is 2. The van der Waals surface area contributed by atoms with Gasteiger partial charge in [-0.25, -0.2) is 4.79 Å². The Morgan fingerprint density at radius 1 is 1.33 bits per heavy atom. The van der Waals surface area contributed by atoms with Crippen molar-refractivity contribution in [3.05, 3.63) is 10.5 Å². The highest BCUT2D eigenvalue weighted by atomic mass is 16.1. The van der Waals surface area contributed by atoms with Gasteiger partial charge in [-0.3, -0.25) is 4.98 Å². The summed E-state index contributed by atoms with van der Waals surface area (Å²) in [5.41, 5.74) is 9.53. The molecule has 0 saturated carbocycles. The van der Waals surface area contributed by atoms with E-state index >= 15 is 0 Å². The van der Waals surface area contributed by atoms with Crippen LogP contribution in [-0.2, 0) is 0 Å². The molecule has 1 aromatic rings. The molecule has 0 radical (unpaired) electrons. The Morgan fingerprint density at radius 3 is 2.44 bits per heavy atom. The molecule has 48 valence electrons. The zero-order chi connectivity index (χ0) is 6.85. The Hall–Kier alpha value is -1.59. The number of nitrogens with zero attached hydrogens (tertiary/aromatic N) is 2. The van der Waals surface area contributed by atoms with Gasteiger partial charge in [0.25, 0.3) is 0 Å². The molecule has 0 aromatic carbocycles. The van der Waals surface area contributed by atoms with Crippen LogP contribution in [0.25, 0.3) is 0 Å². The number of nitrogens with one attached hydrogen (secondary N) is 1. The predicted molar refractivity (Wildman–Crippen MR) is 31.5 cm³/mol. The zero-order valence-corrected chi connectivity index (χ0v) is 4.46. The molecule has 0 aliphatic rings. The molecule has 0 fully saturated rings. The number of hydrogen-bond donors (Lipinski definition) is 3. The van der Waals surface area contributed by atoms with E-state index in [1.54, 1.807) is 0 Å². The van der Waals surface area contributed by atoms with Crippen LogP contribution in [0.3, 0.4) is 0 Å². The lowest BCUT2D eigenvalue weighted by Crippen LogP contribution is -2.16. The molecule has 1 rings (SSSR count). The standard InChI is InChI=1S/C3H5N5O/c4-1-6-2(5)8-3(9)7-1/h(H5,4,5,6,7,8,9). The lowest BCUT2D eigenvalue weighted by atomic mass is 10.9. The number of nitrogens with two attached hydrogens (primary N) is 2. The van der Waals surface area contributed by atoms with E-state index in [0.717, 1.165) is 0 Å². The first-order valence-electron chi connectivity index (χ1n) is 2.18. The molecule has 0 saturated heterocycles. The van der Waals surface area contributed by atoms with Gasteiger partial charge in [-0.1, -0.05) is 0 Å². The van der Waals surface area contributed by atoms with E-state index in [0.29, 0.717) is 0 Å². The van der Waals surface area contributed by atoms with Gasteiger partial charge >= 0.3 is 5.69 Å². The highest BCUT2D eigenvalue weighted by Gasteiger charge is 1.91. The van der Waals surface area contributed by atoms with E-state index in [1.165, 1.54) is 0 Å². The quantitative estimate of drug-likeness (QED) is 0.386. The summed E-state index contributed by atoms with van der Waals surface area (Å²) in [6.07, 6.45) is 0. The summed E-state index contributed by atoms with van der Waals surface area (Å²) in [4.78, 5) is 19.1. The SMILES string of the molecule is Nc1nc(N)[nH]c(=O)n1. The van der Waals surface area contributed by atoms with E-state index < -0.39 is 5.69 Å². The van der Waals surface area contributed by atoms with Crippen molar-refractivity contribution >= 4 is 11.9 Å². The maximum absolute atomic E-state index is 10.3. The largest absolute Gasteiger partial charge is 0.369 e. The Balaban J connectivity index is 3.33. The van der Waals surface area contributed by atoms with Crippen LogP contribution in [-0.4, -0.2) is 15.0 Å². The first-order valence-corrected chi connectivity index (χ1v) is 2.18. The van der Waals surface area contributed by atoms with Crippen molar-refractivity contribution in [1.82, 2.24) is 15.0 Å². The van der Waals surface area contributed by atoms with Crippen LogP contribution in [0.15, 0.2) is 4.79 Å². The van der Waals surface area contributed by atoms with Gasteiger partial charge in [0, 0.05) is 0 Å². The molecule has 0 amide bonds. The highest BCUT2D eigenvalue weighted by Crippen LogP contribution is 1.85. The molecule has 9 heavy (non-hydrogen) atoms. The number of H-pyrrole nitrogens is 1. The van der Waals surface area contributed by atoms with Crippen molar-refractivity contribution in [1.29, 1.82) is 0 Å². The van der Waals surface area contributed by atoms with Crippen LogP contribution in [0.2, 0.25) is 0 Å². The number of rotatable bonds is 0. The summed E-state index contributed by atoms with van der Waals surface area (Å²) in [5, 5.41) is 0. The van der Waals surface area contributed by atoms with E-state index in [4.69, 9.17) is 11.5 Å². The van der Waals surface area contributed by atoms with E-state index in [-0.39, 0.29) is 11.9 Å². The molecule has 6 nitrogen and oxygen atoms in total. The van der Waals surface area contributed by atoms with Gasteiger partial charge in [0.15, 0.2) is 0 Å². The molecular weight excluding hydrogens is 122 g/mol. The third-order valence-corrected chi connectivity index (χ3v) is 0.686. The topological polar surface area (TPSA) is 111 Å². The molecule has 0 aliphatic heterocycles. The Morgan fingerprint density at radius 2 is 2.00 bits per heavy atom. The van der Waals surface area contributed by atoms with Gasteiger partial charge in [0.2, 0.25) is 11.9 Å². The third-order valence-electron chi connectivity index (χ3n) is 0.686. The van der Waals surface area contributed by atoms with Crippen LogP contribution < -0.4 is 17.2 Å². The zero-order valence-electron chi connectivity index (χ0n) is 4.46. The maximum atomic E-state index is 10.3. The van der Waals surface area contributed by atoms with Gasteiger partial charge in [-0.2, -0.15) is 9.97 Å². The first-order chi connectivity index (χ1) is 4.18. The Kier molecular flexibility index (Phi) is 1.07. The van der Waals surface area contributed by atoms with E-state index in [1.807, 2.05) is 0 Å². The molecular formula is C3H5N5O. The minimum Gasteiger partial charge on any atom is -0.369 e. The lowest BCUT2D eigenvalue weighted by Gasteiger charge is -1.89. The summed E-state index contributed by atoms with van der Waals surface area (Å²) in [7, 11) is 0. The van der Waals surface area contributed by atoms with Crippen molar-refractivity contribution in [2.75, 3.05) is 11.5 Å². The second kappa shape index (κ2) is 1.73. The van der Waals surface area contributed by atoms with Crippen LogP contribution in [0.1, 0.15) is 0 Å². The Labute approximate surface area is 49.9 Å². The summed E-state index contributed by atoms with van der Waals surface area (Å²) in [5.74, 6) is -0.135. The lowest BCUT2D eigenvalue weighted by molar-refractivity contribution is 1.01. The molecule has 0 bridgehead atoms. The molecule has 6 heteroatoms. The molecule has 0 spiro atoms. The molecule has 1 aromatic heterocycles. The monoisotopic (exact) mass is 127 g/mol. The van der Waals surface area contributed by atoms with Gasteiger partial charge in [-0.15, -0.1) is 0 Å².